The van der Waals surface area contributed by atoms with E-state index in [4.69, 9.17) is 8.83 Å². The van der Waals surface area contributed by atoms with Crippen LogP contribution in [0, 0.1) is 0 Å². The highest BCUT2D eigenvalue weighted by atomic mass is 16.3. The Morgan fingerprint density at radius 1 is 0.276 bits per heavy atom. The standard InChI is InChI=1S/C54H32N2O2/c1-5-16-47-39(10-1)44-30-34(22-27-49(44)55(47)36-24-20-33(21-25-36)38-14-9-15-43-41-12-3-8-19-52(41)58-54(38)43)35-23-28-50-45(31-35)40-11-2-6-17-48(40)56(50)37-26-29-53-46(32-37)42-13-4-7-18-51(42)57-53/h1-32H. The lowest BCUT2D eigenvalue weighted by Gasteiger charge is -2.10. The van der Waals surface area contributed by atoms with Crippen LogP contribution in [-0.2, 0) is 0 Å². The summed E-state index contributed by atoms with van der Waals surface area (Å²) in [7, 11) is 0. The van der Waals surface area contributed by atoms with Gasteiger partial charge in [-0.1, -0.05) is 115 Å². The minimum absolute atomic E-state index is 0.901. The van der Waals surface area contributed by atoms with Gasteiger partial charge in [-0.3, -0.25) is 0 Å². The van der Waals surface area contributed by atoms with E-state index in [1.54, 1.807) is 0 Å². The lowest BCUT2D eigenvalue weighted by atomic mass is 10.0. The second kappa shape index (κ2) is 11.8. The van der Waals surface area contributed by atoms with Gasteiger partial charge in [-0.05, 0) is 95.6 Å². The molecule has 13 rings (SSSR count). The van der Waals surface area contributed by atoms with Crippen molar-refractivity contribution in [2.45, 2.75) is 0 Å². The van der Waals surface area contributed by atoms with Gasteiger partial charge < -0.3 is 18.0 Å². The van der Waals surface area contributed by atoms with Crippen LogP contribution in [0.4, 0.5) is 0 Å². The summed E-state index contributed by atoms with van der Waals surface area (Å²) in [5.41, 5.74) is 15.2. The Hall–Kier alpha value is -7.82. The highest BCUT2D eigenvalue weighted by Gasteiger charge is 2.18. The number of aromatic nitrogens is 2. The average molecular weight is 741 g/mol. The second-order valence-electron chi connectivity index (χ2n) is 15.3. The molecule has 0 fully saturated rings. The van der Waals surface area contributed by atoms with E-state index in [2.05, 4.69) is 179 Å². The first-order chi connectivity index (χ1) is 28.7. The van der Waals surface area contributed by atoms with Gasteiger partial charge in [-0.15, -0.1) is 0 Å². The lowest BCUT2D eigenvalue weighted by Crippen LogP contribution is -1.94. The molecule has 58 heavy (non-hydrogen) atoms. The molecule has 0 radical (unpaired) electrons. The van der Waals surface area contributed by atoms with Gasteiger partial charge in [0.2, 0.25) is 0 Å². The van der Waals surface area contributed by atoms with E-state index in [9.17, 15) is 0 Å². The summed E-state index contributed by atoms with van der Waals surface area (Å²) in [6, 6.07) is 69.7. The molecule has 0 saturated heterocycles. The van der Waals surface area contributed by atoms with Gasteiger partial charge in [-0.2, -0.15) is 0 Å². The summed E-state index contributed by atoms with van der Waals surface area (Å²) in [6.45, 7) is 0. The Labute approximate surface area is 332 Å². The third kappa shape index (κ3) is 4.45. The smallest absolute Gasteiger partial charge is 0.143 e. The SMILES string of the molecule is c1ccc2c(c1)oc1ccc(-n3c4ccccc4c4cc(-c5ccc6c(c5)c5ccccc5n6-c5ccc(-c6cccc7c6oc6ccccc67)cc5)ccc43)cc12. The number of furan rings is 2. The van der Waals surface area contributed by atoms with E-state index in [1.165, 1.54) is 54.7 Å². The maximum Gasteiger partial charge on any atom is 0.143 e. The number of benzene rings is 9. The normalized spacial score (nSPS) is 12.1. The molecular formula is C54H32N2O2. The fraction of sp³-hybridized carbons (Fsp3) is 0. The van der Waals surface area contributed by atoms with Crippen LogP contribution < -0.4 is 0 Å². The summed E-state index contributed by atoms with van der Waals surface area (Å²) in [5.74, 6) is 0. The molecule has 13 aromatic rings. The molecule has 0 spiro atoms. The number of hydrogen-bond donors (Lipinski definition) is 0. The Kier molecular flexibility index (Phi) is 6.41. The molecule has 4 heterocycles. The van der Waals surface area contributed by atoms with Crippen LogP contribution in [0.25, 0.3) is 121 Å². The van der Waals surface area contributed by atoms with Crippen LogP contribution in [0.5, 0.6) is 0 Å². The molecule has 0 aliphatic carbocycles. The van der Waals surface area contributed by atoms with Crippen molar-refractivity contribution >= 4 is 87.5 Å². The Morgan fingerprint density at radius 3 is 1.43 bits per heavy atom. The zero-order valence-electron chi connectivity index (χ0n) is 31.2. The molecule has 0 aliphatic rings. The average Bonchev–Trinajstić information content (AvgIpc) is 4.03. The summed E-state index contributed by atoms with van der Waals surface area (Å²) in [5, 5.41) is 9.46. The molecule has 4 heteroatoms. The maximum absolute atomic E-state index is 6.38. The van der Waals surface area contributed by atoms with E-state index in [1.807, 2.05) is 24.3 Å². The maximum atomic E-state index is 6.38. The zero-order chi connectivity index (χ0) is 37.9. The van der Waals surface area contributed by atoms with Crippen molar-refractivity contribution in [2.75, 3.05) is 0 Å². The second-order valence-corrected chi connectivity index (χ2v) is 15.3. The van der Waals surface area contributed by atoms with Crippen LogP contribution in [-0.4, -0.2) is 9.13 Å². The first kappa shape index (κ1) is 31.4. The summed E-state index contributed by atoms with van der Waals surface area (Å²) < 4.78 is 17.3. The Balaban J connectivity index is 0.925. The van der Waals surface area contributed by atoms with Crippen molar-refractivity contribution < 1.29 is 8.83 Å². The van der Waals surface area contributed by atoms with Gasteiger partial charge in [0.1, 0.15) is 22.3 Å². The highest BCUT2D eigenvalue weighted by molar-refractivity contribution is 6.14. The van der Waals surface area contributed by atoms with Crippen LogP contribution in [0.15, 0.2) is 203 Å². The first-order valence-corrected chi connectivity index (χ1v) is 19.7. The molecule has 4 aromatic heterocycles. The van der Waals surface area contributed by atoms with E-state index in [-0.39, 0.29) is 0 Å². The third-order valence-corrected chi connectivity index (χ3v) is 12.1. The number of para-hydroxylation sites is 5. The van der Waals surface area contributed by atoms with Gasteiger partial charge in [0, 0.05) is 60.0 Å². The van der Waals surface area contributed by atoms with Crippen molar-refractivity contribution in [1.29, 1.82) is 0 Å². The molecule has 0 atom stereocenters. The van der Waals surface area contributed by atoms with Crippen molar-refractivity contribution in [1.82, 2.24) is 9.13 Å². The van der Waals surface area contributed by atoms with Crippen molar-refractivity contribution in [3.63, 3.8) is 0 Å². The highest BCUT2D eigenvalue weighted by Crippen LogP contribution is 2.41. The van der Waals surface area contributed by atoms with Gasteiger partial charge in [0.15, 0.2) is 0 Å². The van der Waals surface area contributed by atoms with Crippen LogP contribution >= 0.6 is 0 Å². The Bertz CT molecular complexity index is 3800. The summed E-state index contributed by atoms with van der Waals surface area (Å²) >= 11 is 0. The predicted octanol–water partition coefficient (Wildman–Crippen LogP) is 15.0. The molecular weight excluding hydrogens is 709 g/mol. The van der Waals surface area contributed by atoms with Crippen molar-refractivity contribution in [3.8, 4) is 33.6 Å². The molecule has 0 N–H and O–H groups in total. The van der Waals surface area contributed by atoms with Crippen LogP contribution in [0.2, 0.25) is 0 Å². The molecule has 9 aromatic carbocycles. The molecule has 0 amide bonds. The topological polar surface area (TPSA) is 36.1 Å². The molecule has 0 bridgehead atoms. The van der Waals surface area contributed by atoms with E-state index in [0.717, 1.165) is 66.4 Å². The van der Waals surface area contributed by atoms with Gasteiger partial charge in [0.05, 0.1) is 22.1 Å². The fourth-order valence-electron chi connectivity index (χ4n) is 9.48. The van der Waals surface area contributed by atoms with Crippen molar-refractivity contribution in [2.24, 2.45) is 0 Å². The van der Waals surface area contributed by atoms with Gasteiger partial charge in [-0.25, -0.2) is 0 Å². The fourth-order valence-corrected chi connectivity index (χ4v) is 9.48. The minimum Gasteiger partial charge on any atom is -0.456 e. The first-order valence-electron chi connectivity index (χ1n) is 19.7. The third-order valence-electron chi connectivity index (χ3n) is 12.1. The molecule has 270 valence electrons. The largest absolute Gasteiger partial charge is 0.456 e. The molecule has 0 unspecified atom stereocenters. The van der Waals surface area contributed by atoms with E-state index in [0.29, 0.717) is 0 Å². The van der Waals surface area contributed by atoms with Crippen LogP contribution in [0.1, 0.15) is 0 Å². The zero-order valence-corrected chi connectivity index (χ0v) is 31.2. The Morgan fingerprint density at radius 2 is 0.759 bits per heavy atom. The number of hydrogen-bond acceptors (Lipinski definition) is 2. The lowest BCUT2D eigenvalue weighted by molar-refractivity contribution is 0.669. The van der Waals surface area contributed by atoms with E-state index < -0.39 is 0 Å². The van der Waals surface area contributed by atoms with Crippen LogP contribution in [0.3, 0.4) is 0 Å². The molecule has 0 saturated carbocycles. The van der Waals surface area contributed by atoms with Gasteiger partial charge >= 0.3 is 0 Å². The number of fused-ring (bicyclic) bond motifs is 12. The summed E-state index contributed by atoms with van der Waals surface area (Å²) in [4.78, 5) is 0. The molecule has 0 aliphatic heterocycles. The number of nitrogens with zero attached hydrogens (tertiary/aromatic N) is 2. The monoisotopic (exact) mass is 740 g/mol. The van der Waals surface area contributed by atoms with E-state index >= 15 is 0 Å². The van der Waals surface area contributed by atoms with Crippen molar-refractivity contribution in [3.05, 3.63) is 194 Å². The van der Waals surface area contributed by atoms with Gasteiger partial charge in [0.25, 0.3) is 0 Å². The summed E-state index contributed by atoms with van der Waals surface area (Å²) in [6.07, 6.45) is 0. The predicted molar refractivity (Wildman–Crippen MR) is 241 cm³/mol. The number of rotatable bonds is 4. The minimum atomic E-state index is 0.901. The molecule has 4 nitrogen and oxygen atoms in total. The quantitative estimate of drug-likeness (QED) is 0.180.